The van der Waals surface area contributed by atoms with Gasteiger partial charge in [-0.25, -0.2) is 0 Å². The average Bonchev–Trinajstić information content (AvgIpc) is 2.68. The van der Waals surface area contributed by atoms with E-state index >= 15 is 0 Å². The molecule has 128 valence electrons. The minimum Gasteiger partial charge on any atom is -0.468 e. The fourth-order valence-corrected chi connectivity index (χ4v) is 2.72. The summed E-state index contributed by atoms with van der Waals surface area (Å²) in [5.74, 6) is 2.33. The van der Waals surface area contributed by atoms with E-state index in [1.54, 1.807) is 0 Å². The van der Waals surface area contributed by atoms with Gasteiger partial charge in [0.1, 0.15) is 6.04 Å². The van der Waals surface area contributed by atoms with Crippen molar-refractivity contribution in [1.29, 1.82) is 0 Å². The Labute approximate surface area is 149 Å². The van der Waals surface area contributed by atoms with Gasteiger partial charge in [0, 0.05) is 6.04 Å². The van der Waals surface area contributed by atoms with E-state index in [1.807, 2.05) is 84.6 Å². The van der Waals surface area contributed by atoms with Gasteiger partial charge in [-0.1, -0.05) is 78.7 Å². The quantitative estimate of drug-likeness (QED) is 0.568. The van der Waals surface area contributed by atoms with Crippen LogP contribution in [0.25, 0.3) is 6.08 Å². The van der Waals surface area contributed by atoms with E-state index in [0.29, 0.717) is 6.54 Å². The second kappa shape index (κ2) is 9.46. The molecule has 0 aromatic heterocycles. The van der Waals surface area contributed by atoms with Crippen LogP contribution in [0.3, 0.4) is 0 Å². The molecule has 0 aliphatic heterocycles. The lowest BCUT2D eigenvalue weighted by Crippen LogP contribution is -2.42. The number of carbonyl (C=O) groups is 1. The topological polar surface area (TPSA) is 29.5 Å². The van der Waals surface area contributed by atoms with E-state index in [-0.39, 0.29) is 12.0 Å². The Morgan fingerprint density at radius 1 is 1.16 bits per heavy atom. The molecule has 0 aliphatic carbocycles. The number of benzene rings is 2. The standard InChI is InChI=1S/C22H23NO2/c1-4-17-23(18(2)20-13-9-6-10-14-20)21(22(24)25-3)16-15-19-11-7-5-8-12-19/h1,5-16,18,21H,17H2,2-3H3/b16-15+/t18-,21+/m0/s1. The second-order valence-corrected chi connectivity index (χ2v) is 5.70. The van der Waals surface area contributed by atoms with Gasteiger partial charge in [0.2, 0.25) is 0 Å². The first kappa shape index (κ1) is 18.5. The van der Waals surface area contributed by atoms with Crippen LogP contribution < -0.4 is 0 Å². The van der Waals surface area contributed by atoms with Crippen LogP contribution >= 0.6 is 0 Å². The molecular formula is C22H23NO2. The predicted molar refractivity (Wildman–Crippen MR) is 102 cm³/mol. The number of esters is 1. The molecule has 3 nitrogen and oxygen atoms in total. The van der Waals surface area contributed by atoms with Gasteiger partial charge >= 0.3 is 5.97 Å². The van der Waals surface area contributed by atoms with Crippen molar-refractivity contribution in [2.45, 2.75) is 19.0 Å². The van der Waals surface area contributed by atoms with Crippen molar-refractivity contribution in [3.63, 3.8) is 0 Å². The van der Waals surface area contributed by atoms with Gasteiger partial charge in [-0.15, -0.1) is 6.42 Å². The van der Waals surface area contributed by atoms with Crippen LogP contribution in [0.2, 0.25) is 0 Å². The molecule has 0 fully saturated rings. The molecule has 2 aromatic carbocycles. The number of terminal acetylenes is 1. The maximum absolute atomic E-state index is 12.4. The minimum atomic E-state index is -0.559. The highest BCUT2D eigenvalue weighted by molar-refractivity contribution is 5.79. The van der Waals surface area contributed by atoms with Crippen molar-refractivity contribution in [1.82, 2.24) is 4.90 Å². The molecule has 2 aromatic rings. The first-order valence-electron chi connectivity index (χ1n) is 8.22. The fraction of sp³-hybridized carbons (Fsp3) is 0.227. The van der Waals surface area contributed by atoms with E-state index in [1.165, 1.54) is 7.11 Å². The zero-order valence-corrected chi connectivity index (χ0v) is 14.6. The molecule has 0 radical (unpaired) electrons. The highest BCUT2D eigenvalue weighted by Gasteiger charge is 2.28. The first-order chi connectivity index (χ1) is 12.2. The van der Waals surface area contributed by atoms with Crippen molar-refractivity contribution in [2.24, 2.45) is 0 Å². The van der Waals surface area contributed by atoms with Gasteiger partial charge in [0.15, 0.2) is 0 Å². The van der Waals surface area contributed by atoms with Crippen molar-refractivity contribution in [2.75, 3.05) is 13.7 Å². The Morgan fingerprint density at radius 2 is 1.76 bits per heavy atom. The van der Waals surface area contributed by atoms with Gasteiger partial charge in [-0.2, -0.15) is 0 Å². The molecule has 0 saturated carbocycles. The van der Waals surface area contributed by atoms with Gasteiger partial charge in [-0.3, -0.25) is 9.69 Å². The Bertz CT molecular complexity index is 732. The van der Waals surface area contributed by atoms with Gasteiger partial charge in [0.25, 0.3) is 0 Å². The summed E-state index contributed by atoms with van der Waals surface area (Å²) in [6.45, 7) is 2.38. The number of carbonyl (C=O) groups excluding carboxylic acids is 1. The molecule has 0 bridgehead atoms. The summed E-state index contributed by atoms with van der Waals surface area (Å²) in [4.78, 5) is 14.4. The number of hydrogen-bond acceptors (Lipinski definition) is 3. The lowest BCUT2D eigenvalue weighted by atomic mass is 10.0. The summed E-state index contributed by atoms with van der Waals surface area (Å²) in [5, 5.41) is 0. The Kier molecular flexibility index (Phi) is 7.00. The van der Waals surface area contributed by atoms with E-state index in [9.17, 15) is 4.79 Å². The third kappa shape index (κ3) is 5.07. The summed E-state index contributed by atoms with van der Waals surface area (Å²) in [5.41, 5.74) is 2.11. The minimum absolute atomic E-state index is 0.0261. The van der Waals surface area contributed by atoms with Crippen LogP contribution in [-0.4, -0.2) is 30.6 Å². The SMILES string of the molecule is C#CCN([C@H](/C=C/c1ccccc1)C(=O)OC)[C@@H](C)c1ccccc1. The number of nitrogens with zero attached hydrogens (tertiary/aromatic N) is 1. The van der Waals surface area contributed by atoms with Crippen LogP contribution in [0.5, 0.6) is 0 Å². The Morgan fingerprint density at radius 3 is 2.32 bits per heavy atom. The molecule has 0 aliphatic rings. The van der Waals surface area contributed by atoms with Crippen molar-refractivity contribution >= 4 is 12.0 Å². The Balaban J connectivity index is 2.33. The molecule has 3 heteroatoms. The van der Waals surface area contributed by atoms with Crippen LogP contribution in [0.4, 0.5) is 0 Å². The van der Waals surface area contributed by atoms with Gasteiger partial charge < -0.3 is 4.74 Å². The fourth-order valence-electron chi connectivity index (χ4n) is 2.72. The lowest BCUT2D eigenvalue weighted by molar-refractivity contribution is -0.145. The lowest BCUT2D eigenvalue weighted by Gasteiger charge is -2.32. The third-order valence-corrected chi connectivity index (χ3v) is 4.12. The van der Waals surface area contributed by atoms with Crippen LogP contribution in [0.15, 0.2) is 66.7 Å². The summed E-state index contributed by atoms with van der Waals surface area (Å²) in [6, 6.07) is 19.2. The van der Waals surface area contributed by atoms with Crippen LogP contribution in [0, 0.1) is 12.3 Å². The van der Waals surface area contributed by atoms with E-state index < -0.39 is 6.04 Å². The maximum atomic E-state index is 12.4. The third-order valence-electron chi connectivity index (χ3n) is 4.12. The zero-order chi connectivity index (χ0) is 18.1. The normalized spacial score (nSPS) is 13.4. The number of ether oxygens (including phenoxy) is 1. The zero-order valence-electron chi connectivity index (χ0n) is 14.6. The summed E-state index contributed by atoms with van der Waals surface area (Å²) >= 11 is 0. The Hall–Kier alpha value is -2.83. The maximum Gasteiger partial charge on any atom is 0.327 e. The molecule has 0 spiro atoms. The highest BCUT2D eigenvalue weighted by atomic mass is 16.5. The molecule has 0 N–H and O–H groups in total. The smallest absolute Gasteiger partial charge is 0.327 e. The average molecular weight is 333 g/mol. The summed E-state index contributed by atoms with van der Waals surface area (Å²) < 4.78 is 5.01. The number of rotatable bonds is 7. The molecule has 0 unspecified atom stereocenters. The molecule has 2 atom stereocenters. The van der Waals surface area contributed by atoms with Crippen LogP contribution in [-0.2, 0) is 9.53 Å². The molecule has 0 amide bonds. The van der Waals surface area contributed by atoms with E-state index in [2.05, 4.69) is 5.92 Å². The van der Waals surface area contributed by atoms with Gasteiger partial charge in [0.05, 0.1) is 13.7 Å². The van der Waals surface area contributed by atoms with Gasteiger partial charge in [-0.05, 0) is 18.1 Å². The number of methoxy groups -OCH3 is 1. The molecule has 25 heavy (non-hydrogen) atoms. The van der Waals surface area contributed by atoms with E-state index in [4.69, 9.17) is 11.2 Å². The highest BCUT2D eigenvalue weighted by Crippen LogP contribution is 2.23. The molecule has 0 saturated heterocycles. The van der Waals surface area contributed by atoms with Crippen molar-refractivity contribution in [3.05, 3.63) is 77.9 Å². The monoisotopic (exact) mass is 333 g/mol. The molecular weight excluding hydrogens is 310 g/mol. The summed E-state index contributed by atoms with van der Waals surface area (Å²) in [7, 11) is 1.40. The summed E-state index contributed by atoms with van der Waals surface area (Å²) in [6.07, 6.45) is 9.33. The van der Waals surface area contributed by atoms with Crippen molar-refractivity contribution < 1.29 is 9.53 Å². The first-order valence-corrected chi connectivity index (χ1v) is 8.22. The predicted octanol–water partition coefficient (Wildman–Crippen LogP) is 3.94. The molecule has 0 heterocycles. The van der Waals surface area contributed by atoms with E-state index in [0.717, 1.165) is 11.1 Å². The van der Waals surface area contributed by atoms with Crippen molar-refractivity contribution in [3.8, 4) is 12.3 Å². The molecule has 2 rings (SSSR count). The van der Waals surface area contributed by atoms with Crippen LogP contribution in [0.1, 0.15) is 24.1 Å². The largest absolute Gasteiger partial charge is 0.468 e. The second-order valence-electron chi connectivity index (χ2n) is 5.70. The number of hydrogen-bond donors (Lipinski definition) is 0.